The van der Waals surface area contributed by atoms with E-state index in [0.717, 1.165) is 25.1 Å². The second-order valence-corrected chi connectivity index (χ2v) is 4.81. The first-order valence-electron chi connectivity index (χ1n) is 6.67. The number of benzene rings is 1. The fourth-order valence-electron chi connectivity index (χ4n) is 1.77. The van der Waals surface area contributed by atoms with Crippen molar-refractivity contribution < 1.29 is 10.2 Å². The molecule has 1 aromatic carbocycles. The standard InChI is InChI=1S/C16H23NO2/c1-14(19)10-11-17(2)13-16-9-4-3-7-15(16)8-5-6-12-18/h3-4,7,9,14,18-19H,6,10-13H2,1-2H3. The fraction of sp³-hybridized carbons (Fsp3) is 0.500. The molecule has 0 saturated heterocycles. The van der Waals surface area contributed by atoms with Crippen molar-refractivity contribution in [2.75, 3.05) is 20.2 Å². The van der Waals surface area contributed by atoms with E-state index < -0.39 is 0 Å². The molecular formula is C16H23NO2. The van der Waals surface area contributed by atoms with Crippen LogP contribution in [0.1, 0.15) is 30.9 Å². The zero-order valence-corrected chi connectivity index (χ0v) is 11.8. The van der Waals surface area contributed by atoms with E-state index in [0.29, 0.717) is 6.42 Å². The Morgan fingerprint density at radius 2 is 2.05 bits per heavy atom. The molecule has 2 N–H and O–H groups in total. The first-order valence-corrected chi connectivity index (χ1v) is 6.67. The van der Waals surface area contributed by atoms with Crippen LogP contribution < -0.4 is 0 Å². The summed E-state index contributed by atoms with van der Waals surface area (Å²) in [5.41, 5.74) is 2.20. The quantitative estimate of drug-likeness (QED) is 0.765. The third-order valence-corrected chi connectivity index (χ3v) is 2.85. The van der Waals surface area contributed by atoms with E-state index in [1.807, 2.05) is 32.2 Å². The molecule has 0 spiro atoms. The summed E-state index contributed by atoms with van der Waals surface area (Å²) in [6.45, 7) is 3.58. The Labute approximate surface area is 115 Å². The van der Waals surface area contributed by atoms with Gasteiger partial charge in [0.1, 0.15) is 0 Å². The minimum absolute atomic E-state index is 0.101. The van der Waals surface area contributed by atoms with Crippen molar-refractivity contribution in [2.45, 2.75) is 32.4 Å². The highest BCUT2D eigenvalue weighted by atomic mass is 16.3. The lowest BCUT2D eigenvalue weighted by Gasteiger charge is -2.18. The van der Waals surface area contributed by atoms with E-state index in [-0.39, 0.29) is 12.7 Å². The Morgan fingerprint density at radius 1 is 1.32 bits per heavy atom. The highest BCUT2D eigenvalue weighted by Gasteiger charge is 2.05. The van der Waals surface area contributed by atoms with Crippen LogP contribution in [0, 0.1) is 11.8 Å². The van der Waals surface area contributed by atoms with Gasteiger partial charge in [0.25, 0.3) is 0 Å². The third kappa shape index (κ3) is 6.40. The van der Waals surface area contributed by atoms with Crippen LogP contribution in [-0.2, 0) is 6.54 Å². The normalized spacial score (nSPS) is 12.1. The highest BCUT2D eigenvalue weighted by Crippen LogP contribution is 2.10. The minimum atomic E-state index is -0.262. The van der Waals surface area contributed by atoms with E-state index in [9.17, 15) is 5.11 Å². The molecule has 0 heterocycles. The smallest absolute Gasteiger partial charge is 0.0540 e. The summed E-state index contributed by atoms with van der Waals surface area (Å²) < 4.78 is 0. The summed E-state index contributed by atoms with van der Waals surface area (Å²) in [7, 11) is 2.04. The molecule has 1 rings (SSSR count). The summed E-state index contributed by atoms with van der Waals surface area (Å²) in [6.07, 6.45) is 1.02. The fourth-order valence-corrected chi connectivity index (χ4v) is 1.77. The number of nitrogens with zero attached hydrogens (tertiary/aromatic N) is 1. The average Bonchev–Trinajstić information content (AvgIpc) is 2.39. The Balaban J connectivity index is 2.65. The summed E-state index contributed by atoms with van der Waals surface area (Å²) >= 11 is 0. The molecule has 0 aliphatic heterocycles. The van der Waals surface area contributed by atoms with Crippen molar-refractivity contribution in [1.29, 1.82) is 0 Å². The van der Waals surface area contributed by atoms with Crippen LogP contribution in [-0.4, -0.2) is 41.4 Å². The lowest BCUT2D eigenvalue weighted by atomic mass is 10.1. The van der Waals surface area contributed by atoms with Gasteiger partial charge in [0.05, 0.1) is 12.7 Å². The molecule has 0 bridgehead atoms. The zero-order valence-electron chi connectivity index (χ0n) is 11.8. The maximum absolute atomic E-state index is 9.29. The van der Waals surface area contributed by atoms with E-state index in [1.165, 1.54) is 5.56 Å². The molecule has 0 aliphatic carbocycles. The van der Waals surface area contributed by atoms with Gasteiger partial charge >= 0.3 is 0 Å². The van der Waals surface area contributed by atoms with Gasteiger partial charge in [0, 0.05) is 25.1 Å². The number of aliphatic hydroxyl groups is 2. The van der Waals surface area contributed by atoms with Crippen LogP contribution in [0.4, 0.5) is 0 Å². The van der Waals surface area contributed by atoms with Crippen molar-refractivity contribution in [3.63, 3.8) is 0 Å². The zero-order chi connectivity index (χ0) is 14.1. The first-order chi connectivity index (χ1) is 9.13. The first kappa shape index (κ1) is 15.7. The molecule has 0 fully saturated rings. The van der Waals surface area contributed by atoms with Crippen LogP contribution in [0.3, 0.4) is 0 Å². The van der Waals surface area contributed by atoms with Crippen molar-refractivity contribution in [3.8, 4) is 11.8 Å². The van der Waals surface area contributed by atoms with E-state index in [2.05, 4.69) is 22.8 Å². The van der Waals surface area contributed by atoms with Gasteiger partial charge in [-0.15, -0.1) is 0 Å². The number of rotatable bonds is 6. The van der Waals surface area contributed by atoms with E-state index in [1.54, 1.807) is 0 Å². The molecule has 1 aromatic rings. The Morgan fingerprint density at radius 3 is 2.74 bits per heavy atom. The monoisotopic (exact) mass is 261 g/mol. The molecule has 0 aliphatic rings. The van der Waals surface area contributed by atoms with Gasteiger partial charge in [0.15, 0.2) is 0 Å². The van der Waals surface area contributed by atoms with Gasteiger partial charge < -0.3 is 15.1 Å². The maximum Gasteiger partial charge on any atom is 0.0540 e. The predicted molar refractivity (Wildman–Crippen MR) is 77.7 cm³/mol. The molecule has 104 valence electrons. The molecule has 19 heavy (non-hydrogen) atoms. The molecule has 3 nitrogen and oxygen atoms in total. The van der Waals surface area contributed by atoms with Gasteiger partial charge in [-0.3, -0.25) is 0 Å². The molecule has 0 radical (unpaired) electrons. The minimum Gasteiger partial charge on any atom is -0.395 e. The Bertz CT molecular complexity index is 432. The highest BCUT2D eigenvalue weighted by molar-refractivity contribution is 5.41. The van der Waals surface area contributed by atoms with Crippen LogP contribution in [0.5, 0.6) is 0 Å². The largest absolute Gasteiger partial charge is 0.395 e. The van der Waals surface area contributed by atoms with Crippen molar-refractivity contribution >= 4 is 0 Å². The van der Waals surface area contributed by atoms with E-state index >= 15 is 0 Å². The lowest BCUT2D eigenvalue weighted by Crippen LogP contribution is -2.22. The predicted octanol–water partition coefficient (Wildman–Crippen LogP) is 1.62. The van der Waals surface area contributed by atoms with Gasteiger partial charge in [-0.05, 0) is 32.0 Å². The Hall–Kier alpha value is -1.34. The molecular weight excluding hydrogens is 238 g/mol. The van der Waals surface area contributed by atoms with Crippen LogP contribution in [0.15, 0.2) is 24.3 Å². The Kier molecular flexibility index (Phi) is 7.20. The number of hydrogen-bond acceptors (Lipinski definition) is 3. The molecule has 0 aromatic heterocycles. The van der Waals surface area contributed by atoms with Crippen molar-refractivity contribution in [2.24, 2.45) is 0 Å². The van der Waals surface area contributed by atoms with Gasteiger partial charge in [-0.2, -0.15) is 0 Å². The molecule has 3 heteroatoms. The summed E-state index contributed by atoms with van der Waals surface area (Å²) in [6, 6.07) is 8.06. The van der Waals surface area contributed by atoms with Gasteiger partial charge in [-0.1, -0.05) is 30.0 Å². The summed E-state index contributed by atoms with van der Waals surface area (Å²) in [5, 5.41) is 18.0. The second kappa shape index (κ2) is 8.71. The maximum atomic E-state index is 9.29. The second-order valence-electron chi connectivity index (χ2n) is 4.81. The van der Waals surface area contributed by atoms with Crippen molar-refractivity contribution in [3.05, 3.63) is 35.4 Å². The lowest BCUT2D eigenvalue weighted by molar-refractivity contribution is 0.163. The summed E-state index contributed by atoms with van der Waals surface area (Å²) in [5.74, 6) is 6.06. The van der Waals surface area contributed by atoms with E-state index in [4.69, 9.17) is 5.11 Å². The summed E-state index contributed by atoms with van der Waals surface area (Å²) in [4.78, 5) is 2.18. The number of aliphatic hydroxyl groups excluding tert-OH is 2. The van der Waals surface area contributed by atoms with Gasteiger partial charge in [0.2, 0.25) is 0 Å². The van der Waals surface area contributed by atoms with Gasteiger partial charge in [-0.25, -0.2) is 0 Å². The average molecular weight is 261 g/mol. The van der Waals surface area contributed by atoms with Crippen molar-refractivity contribution in [1.82, 2.24) is 4.90 Å². The molecule has 0 amide bonds. The molecule has 1 unspecified atom stereocenters. The SMILES string of the molecule is CC(O)CCN(C)Cc1ccccc1C#CCCO. The molecule has 0 saturated carbocycles. The van der Waals surface area contributed by atoms with Crippen LogP contribution in [0.25, 0.3) is 0 Å². The van der Waals surface area contributed by atoms with Crippen LogP contribution in [0.2, 0.25) is 0 Å². The number of hydrogen-bond donors (Lipinski definition) is 2. The topological polar surface area (TPSA) is 43.7 Å². The van der Waals surface area contributed by atoms with Crippen LogP contribution >= 0.6 is 0 Å². The molecule has 1 atom stereocenters. The third-order valence-electron chi connectivity index (χ3n) is 2.85.